The first-order valence-electron chi connectivity index (χ1n) is 11.3. The molecule has 3 aromatic carbocycles. The molecule has 1 aromatic heterocycles. The zero-order valence-corrected chi connectivity index (χ0v) is 18.6. The summed E-state index contributed by atoms with van der Waals surface area (Å²) in [6.07, 6.45) is -1.27. The van der Waals surface area contributed by atoms with Crippen LogP contribution in [0, 0.1) is 5.92 Å². The van der Waals surface area contributed by atoms with Gasteiger partial charge in [0.05, 0.1) is 12.1 Å². The fourth-order valence-electron chi connectivity index (χ4n) is 4.37. The highest BCUT2D eigenvalue weighted by Crippen LogP contribution is 2.39. The molecule has 1 heterocycles. The first-order chi connectivity index (χ1) is 16.8. The topological polar surface area (TPSA) is 60.7 Å². The van der Waals surface area contributed by atoms with Crippen LogP contribution >= 0.6 is 0 Å². The largest absolute Gasteiger partial charge is 0.573 e. The van der Waals surface area contributed by atoms with Crippen molar-refractivity contribution in [2.75, 3.05) is 6.61 Å². The third kappa shape index (κ3) is 4.69. The number of rotatable bonds is 7. The molecule has 0 amide bonds. The van der Waals surface area contributed by atoms with Gasteiger partial charge in [-0.3, -0.25) is 0 Å². The predicted molar refractivity (Wildman–Crippen MR) is 125 cm³/mol. The number of hydrogen-bond donors (Lipinski definition) is 1. The lowest BCUT2D eigenvalue weighted by atomic mass is 9.86. The Kier molecular flexibility index (Phi) is 5.88. The molecular weight excluding hydrogens is 459 g/mol. The minimum absolute atomic E-state index is 0.00944. The van der Waals surface area contributed by atoms with Gasteiger partial charge < -0.3 is 19.1 Å². The van der Waals surface area contributed by atoms with Crippen LogP contribution in [0.1, 0.15) is 29.8 Å². The summed E-state index contributed by atoms with van der Waals surface area (Å²) in [5, 5.41) is 10.4. The number of halogens is 3. The highest BCUT2D eigenvalue weighted by atomic mass is 19.4. The second-order valence-electron chi connectivity index (χ2n) is 8.55. The number of benzene rings is 3. The number of hydrogen-bond acceptors (Lipinski definition) is 3. The fraction of sp³-hybridized carbons (Fsp3) is 0.222. The summed E-state index contributed by atoms with van der Waals surface area (Å²) in [4.78, 5) is 12.1. The lowest BCUT2D eigenvalue weighted by Gasteiger charge is -2.25. The van der Waals surface area contributed by atoms with Crippen molar-refractivity contribution in [2.24, 2.45) is 5.92 Å². The van der Waals surface area contributed by atoms with Gasteiger partial charge in [-0.05, 0) is 66.8 Å². The van der Waals surface area contributed by atoms with E-state index in [0.29, 0.717) is 40.4 Å². The summed E-state index contributed by atoms with van der Waals surface area (Å²) in [7, 11) is 0. The minimum Gasteiger partial charge on any atom is -0.493 e. The molecule has 0 radical (unpaired) electrons. The molecule has 1 fully saturated rings. The van der Waals surface area contributed by atoms with Crippen molar-refractivity contribution in [1.82, 2.24) is 4.57 Å². The van der Waals surface area contributed by atoms with E-state index in [4.69, 9.17) is 4.74 Å². The normalized spacial score (nSPS) is 14.0. The van der Waals surface area contributed by atoms with Crippen LogP contribution in [0.4, 0.5) is 13.2 Å². The lowest BCUT2D eigenvalue weighted by molar-refractivity contribution is -0.274. The number of carboxylic acid groups (broad SMARTS) is 1. The molecule has 180 valence electrons. The van der Waals surface area contributed by atoms with Crippen molar-refractivity contribution in [3.63, 3.8) is 0 Å². The van der Waals surface area contributed by atoms with Crippen molar-refractivity contribution in [3.8, 4) is 28.3 Å². The molecule has 35 heavy (non-hydrogen) atoms. The SMILES string of the molecule is O=C(O)c1cc2c(-c3ccccc3OC(F)(F)F)cccc2n1-c1ccc(OCC2CCC2)cc1. The van der Waals surface area contributed by atoms with Gasteiger partial charge in [-0.25, -0.2) is 4.79 Å². The standard InChI is InChI=1S/C27H22F3NO4/c28-27(29,30)35-25-10-2-1-7-21(25)20-8-4-9-23-22(20)15-24(26(32)33)31(23)18-11-13-19(14-12-18)34-16-17-5-3-6-17/h1-2,4,7-15,17H,3,5-6,16H2,(H,32,33). The average molecular weight is 481 g/mol. The molecule has 5 nitrogen and oxygen atoms in total. The second-order valence-corrected chi connectivity index (χ2v) is 8.55. The number of para-hydroxylation sites is 1. The Hall–Kier alpha value is -3.94. The minimum atomic E-state index is -4.86. The first kappa shape index (κ1) is 22.8. The van der Waals surface area contributed by atoms with Crippen molar-refractivity contribution in [1.29, 1.82) is 0 Å². The molecule has 1 aliphatic rings. The van der Waals surface area contributed by atoms with Gasteiger partial charge in [0.15, 0.2) is 0 Å². The molecule has 0 unspecified atom stereocenters. The van der Waals surface area contributed by atoms with Gasteiger partial charge in [0.2, 0.25) is 0 Å². The third-order valence-electron chi connectivity index (χ3n) is 6.27. The van der Waals surface area contributed by atoms with Gasteiger partial charge in [-0.15, -0.1) is 13.2 Å². The number of ether oxygens (including phenoxy) is 2. The van der Waals surface area contributed by atoms with E-state index in [1.54, 1.807) is 53.1 Å². The van der Waals surface area contributed by atoms with E-state index >= 15 is 0 Å². The second kappa shape index (κ2) is 9.02. The van der Waals surface area contributed by atoms with E-state index in [9.17, 15) is 23.1 Å². The number of nitrogens with zero attached hydrogens (tertiary/aromatic N) is 1. The van der Waals surface area contributed by atoms with E-state index < -0.39 is 12.3 Å². The van der Waals surface area contributed by atoms with Crippen LogP contribution in [0.25, 0.3) is 27.7 Å². The molecule has 0 saturated heterocycles. The molecule has 4 aromatic rings. The summed E-state index contributed by atoms with van der Waals surface area (Å²) in [6.45, 7) is 0.662. The Balaban J connectivity index is 1.57. The summed E-state index contributed by atoms with van der Waals surface area (Å²) in [5.41, 5.74) is 1.79. The molecule has 1 N–H and O–H groups in total. The van der Waals surface area contributed by atoms with Crippen LogP contribution in [0.15, 0.2) is 72.8 Å². The summed E-state index contributed by atoms with van der Waals surface area (Å²) < 4.78 is 50.6. The highest BCUT2D eigenvalue weighted by Gasteiger charge is 2.32. The number of carbonyl (C=O) groups is 1. The lowest BCUT2D eigenvalue weighted by Crippen LogP contribution is -2.19. The monoisotopic (exact) mass is 481 g/mol. The number of carboxylic acids is 1. The van der Waals surface area contributed by atoms with Crippen LogP contribution < -0.4 is 9.47 Å². The van der Waals surface area contributed by atoms with Crippen LogP contribution in [0.5, 0.6) is 11.5 Å². The van der Waals surface area contributed by atoms with E-state index in [2.05, 4.69) is 4.74 Å². The maximum absolute atomic E-state index is 13.0. The van der Waals surface area contributed by atoms with Crippen molar-refractivity contribution in [3.05, 3.63) is 78.5 Å². The molecule has 0 atom stereocenters. The van der Waals surface area contributed by atoms with Crippen molar-refractivity contribution >= 4 is 16.9 Å². The van der Waals surface area contributed by atoms with E-state index in [0.717, 1.165) is 0 Å². The molecular formula is C27H22F3NO4. The van der Waals surface area contributed by atoms with Crippen LogP contribution in [-0.2, 0) is 0 Å². The highest BCUT2D eigenvalue weighted by molar-refractivity contribution is 6.03. The number of aromatic carboxylic acids is 1. The summed E-state index contributed by atoms with van der Waals surface area (Å²) in [6, 6.07) is 19.5. The van der Waals surface area contributed by atoms with E-state index in [1.807, 2.05) is 0 Å². The third-order valence-corrected chi connectivity index (χ3v) is 6.27. The summed E-state index contributed by atoms with van der Waals surface area (Å²) in [5.74, 6) is -0.223. The van der Waals surface area contributed by atoms with Gasteiger partial charge >= 0.3 is 12.3 Å². The van der Waals surface area contributed by atoms with Crippen molar-refractivity contribution in [2.45, 2.75) is 25.6 Å². The maximum atomic E-state index is 13.0. The Morgan fingerprint density at radius 1 is 0.971 bits per heavy atom. The molecule has 5 rings (SSSR count). The van der Waals surface area contributed by atoms with Gasteiger partial charge in [0.1, 0.15) is 17.2 Å². The Morgan fingerprint density at radius 2 is 1.69 bits per heavy atom. The smallest absolute Gasteiger partial charge is 0.493 e. The van der Waals surface area contributed by atoms with Gasteiger partial charge in [-0.2, -0.15) is 0 Å². The Labute approximate surface area is 199 Å². The van der Waals surface area contributed by atoms with Gasteiger partial charge in [0, 0.05) is 16.6 Å². The van der Waals surface area contributed by atoms with Crippen LogP contribution in [0.3, 0.4) is 0 Å². The van der Waals surface area contributed by atoms with Crippen LogP contribution in [0.2, 0.25) is 0 Å². The first-order valence-corrected chi connectivity index (χ1v) is 11.3. The molecule has 8 heteroatoms. The number of alkyl halides is 3. The van der Waals surface area contributed by atoms with E-state index in [-0.39, 0.29) is 17.0 Å². The van der Waals surface area contributed by atoms with Crippen molar-refractivity contribution < 1.29 is 32.5 Å². The molecule has 1 aliphatic carbocycles. The molecule has 0 spiro atoms. The Morgan fingerprint density at radius 3 is 2.34 bits per heavy atom. The maximum Gasteiger partial charge on any atom is 0.573 e. The number of fused-ring (bicyclic) bond motifs is 1. The quantitative estimate of drug-likeness (QED) is 0.307. The summed E-state index contributed by atoms with van der Waals surface area (Å²) >= 11 is 0. The fourth-order valence-corrected chi connectivity index (χ4v) is 4.37. The Bertz CT molecular complexity index is 1370. The number of aromatic nitrogens is 1. The van der Waals surface area contributed by atoms with E-state index in [1.165, 1.54) is 43.5 Å². The zero-order chi connectivity index (χ0) is 24.6. The zero-order valence-electron chi connectivity index (χ0n) is 18.6. The van der Waals surface area contributed by atoms with Gasteiger partial charge in [0.25, 0.3) is 0 Å². The average Bonchev–Trinajstić information content (AvgIpc) is 3.18. The van der Waals surface area contributed by atoms with Gasteiger partial charge in [-0.1, -0.05) is 36.8 Å². The molecule has 0 aliphatic heterocycles. The predicted octanol–water partition coefficient (Wildman–Crippen LogP) is 7.07. The molecule has 0 bridgehead atoms. The van der Waals surface area contributed by atoms with Crippen LogP contribution in [-0.4, -0.2) is 28.6 Å². The molecule has 1 saturated carbocycles.